The van der Waals surface area contributed by atoms with Crippen LogP contribution in [0.1, 0.15) is 46.0 Å². The van der Waals surface area contributed by atoms with Gasteiger partial charge in [-0.15, -0.1) is 0 Å². The molecule has 90 valence electrons. The Morgan fingerprint density at radius 3 is 2.27 bits per heavy atom. The average molecular weight is 235 g/mol. The van der Waals surface area contributed by atoms with E-state index < -0.39 is 12.8 Å². The first kappa shape index (κ1) is 13.2. The highest BCUT2D eigenvalue weighted by Crippen LogP contribution is 2.57. The third kappa shape index (κ3) is 2.44. The first-order valence-corrected chi connectivity index (χ1v) is 7.38. The zero-order chi connectivity index (χ0) is 11.5. The summed E-state index contributed by atoms with van der Waals surface area (Å²) in [4.78, 5) is 19.1. The molecule has 0 saturated carbocycles. The minimum absolute atomic E-state index is 0.0258. The third-order valence-electron chi connectivity index (χ3n) is 3.76. The summed E-state index contributed by atoms with van der Waals surface area (Å²) in [6.07, 6.45) is 4.13. The van der Waals surface area contributed by atoms with Gasteiger partial charge in [0.1, 0.15) is 0 Å². The van der Waals surface area contributed by atoms with E-state index >= 15 is 0 Å². The molecular weight excluding hydrogens is 213 g/mol. The maximum Gasteiger partial charge on any atom is 0.333 e. The SMILES string of the molecule is CCC(CC)(C1CCCCN1)P(=O)(O)O. The molecular formula is C10H22NO3P. The lowest BCUT2D eigenvalue weighted by Crippen LogP contribution is -2.51. The van der Waals surface area contributed by atoms with Gasteiger partial charge in [0.15, 0.2) is 0 Å². The van der Waals surface area contributed by atoms with Crippen LogP contribution >= 0.6 is 7.60 Å². The molecule has 0 amide bonds. The van der Waals surface area contributed by atoms with Gasteiger partial charge in [0.05, 0.1) is 5.16 Å². The number of hydrogen-bond donors (Lipinski definition) is 3. The maximum absolute atomic E-state index is 11.7. The van der Waals surface area contributed by atoms with Crippen molar-refractivity contribution in [1.82, 2.24) is 5.32 Å². The van der Waals surface area contributed by atoms with Crippen LogP contribution < -0.4 is 5.32 Å². The molecule has 3 N–H and O–H groups in total. The molecule has 5 heteroatoms. The molecule has 1 aliphatic rings. The standard InChI is InChI=1S/C10H22NO3P/c1-3-10(4-2,15(12,13)14)9-7-5-6-8-11-9/h9,11H,3-8H2,1-2H3,(H2,12,13,14). The zero-order valence-corrected chi connectivity index (χ0v) is 10.5. The van der Waals surface area contributed by atoms with Crippen LogP contribution in [0, 0.1) is 0 Å². The summed E-state index contributed by atoms with van der Waals surface area (Å²) in [6, 6.07) is -0.0258. The molecule has 15 heavy (non-hydrogen) atoms. The average Bonchev–Trinajstić information content (AvgIpc) is 2.20. The van der Waals surface area contributed by atoms with Gasteiger partial charge in [-0.05, 0) is 32.2 Å². The Kier molecular flexibility index (Phi) is 4.36. The molecule has 1 saturated heterocycles. The minimum atomic E-state index is -4.04. The molecule has 1 atom stereocenters. The normalized spacial score (nSPS) is 24.1. The Labute approximate surface area is 91.6 Å². The highest BCUT2D eigenvalue weighted by Gasteiger charge is 2.49. The lowest BCUT2D eigenvalue weighted by atomic mass is 9.87. The molecule has 0 aromatic heterocycles. The van der Waals surface area contributed by atoms with Crippen molar-refractivity contribution in [1.29, 1.82) is 0 Å². The molecule has 1 unspecified atom stereocenters. The van der Waals surface area contributed by atoms with Gasteiger partial charge in [0, 0.05) is 6.04 Å². The van der Waals surface area contributed by atoms with Gasteiger partial charge in [-0.2, -0.15) is 0 Å². The van der Waals surface area contributed by atoms with Gasteiger partial charge in [-0.3, -0.25) is 4.57 Å². The van der Waals surface area contributed by atoms with E-state index in [1.165, 1.54) is 0 Å². The Morgan fingerprint density at radius 2 is 1.93 bits per heavy atom. The van der Waals surface area contributed by atoms with Gasteiger partial charge in [0.25, 0.3) is 0 Å². The fourth-order valence-corrected chi connectivity index (χ4v) is 4.12. The first-order chi connectivity index (χ1) is 6.98. The number of nitrogens with one attached hydrogen (secondary N) is 1. The van der Waals surface area contributed by atoms with Gasteiger partial charge in [-0.25, -0.2) is 0 Å². The molecule has 1 heterocycles. The van der Waals surface area contributed by atoms with Gasteiger partial charge < -0.3 is 15.1 Å². The van der Waals surface area contributed by atoms with Crippen LogP contribution in [0.15, 0.2) is 0 Å². The van der Waals surface area contributed by atoms with Crippen LogP contribution in [-0.4, -0.2) is 27.5 Å². The van der Waals surface area contributed by atoms with E-state index in [2.05, 4.69) is 5.32 Å². The summed E-state index contributed by atoms with van der Waals surface area (Å²) in [5.41, 5.74) is 0. The van der Waals surface area contributed by atoms with Crippen LogP contribution in [-0.2, 0) is 4.57 Å². The van der Waals surface area contributed by atoms with Crippen LogP contribution in [0.2, 0.25) is 0 Å². The van der Waals surface area contributed by atoms with E-state index in [1.54, 1.807) is 0 Å². The van der Waals surface area contributed by atoms with Crippen molar-refractivity contribution in [2.24, 2.45) is 0 Å². The Balaban J connectivity index is 2.93. The molecule has 0 aromatic rings. The zero-order valence-electron chi connectivity index (χ0n) is 9.57. The summed E-state index contributed by atoms with van der Waals surface area (Å²) in [5, 5.41) is 2.42. The van der Waals surface area contributed by atoms with Crippen molar-refractivity contribution in [3.63, 3.8) is 0 Å². The predicted octanol–water partition coefficient (Wildman–Crippen LogP) is 1.87. The molecule has 0 bridgehead atoms. The van der Waals surface area contributed by atoms with E-state index in [-0.39, 0.29) is 6.04 Å². The molecule has 0 aromatic carbocycles. The van der Waals surface area contributed by atoms with Crippen LogP contribution in [0.5, 0.6) is 0 Å². The minimum Gasteiger partial charge on any atom is -0.324 e. The van der Waals surface area contributed by atoms with Crippen molar-refractivity contribution in [3.8, 4) is 0 Å². The Bertz CT molecular complexity index is 241. The van der Waals surface area contributed by atoms with E-state index in [0.29, 0.717) is 12.8 Å². The van der Waals surface area contributed by atoms with E-state index in [4.69, 9.17) is 0 Å². The van der Waals surface area contributed by atoms with Crippen molar-refractivity contribution in [2.75, 3.05) is 6.54 Å². The number of hydrogen-bond acceptors (Lipinski definition) is 2. The van der Waals surface area contributed by atoms with Crippen molar-refractivity contribution in [3.05, 3.63) is 0 Å². The lowest BCUT2D eigenvalue weighted by Gasteiger charge is -2.42. The van der Waals surface area contributed by atoms with E-state index in [1.807, 2.05) is 13.8 Å². The van der Waals surface area contributed by atoms with Gasteiger partial charge >= 0.3 is 7.60 Å². The fraction of sp³-hybridized carbons (Fsp3) is 1.00. The van der Waals surface area contributed by atoms with E-state index in [9.17, 15) is 14.4 Å². The molecule has 1 fully saturated rings. The van der Waals surface area contributed by atoms with Crippen LogP contribution in [0.25, 0.3) is 0 Å². The van der Waals surface area contributed by atoms with Crippen molar-refractivity contribution >= 4 is 7.60 Å². The summed E-state index contributed by atoms with van der Waals surface area (Å²) in [5.74, 6) is 0. The predicted molar refractivity (Wildman–Crippen MR) is 61.0 cm³/mol. The second-order valence-corrected chi connectivity index (χ2v) is 6.34. The number of rotatable bonds is 4. The summed E-state index contributed by atoms with van der Waals surface area (Å²) in [6.45, 7) is 4.63. The number of piperidine rings is 1. The van der Waals surface area contributed by atoms with Gasteiger partial charge in [-0.1, -0.05) is 20.3 Å². The highest BCUT2D eigenvalue weighted by molar-refractivity contribution is 7.53. The third-order valence-corrected chi connectivity index (χ3v) is 5.87. The highest BCUT2D eigenvalue weighted by atomic mass is 31.2. The quantitative estimate of drug-likeness (QED) is 0.650. The van der Waals surface area contributed by atoms with Crippen molar-refractivity contribution in [2.45, 2.75) is 57.1 Å². The summed E-state index contributed by atoms with van der Waals surface area (Å²) < 4.78 is 11.7. The molecule has 0 spiro atoms. The molecule has 4 nitrogen and oxygen atoms in total. The van der Waals surface area contributed by atoms with Crippen LogP contribution in [0.4, 0.5) is 0 Å². The summed E-state index contributed by atoms with van der Waals surface area (Å²) in [7, 11) is -4.04. The lowest BCUT2D eigenvalue weighted by molar-refractivity contribution is 0.242. The molecule has 1 aliphatic heterocycles. The molecule has 1 rings (SSSR count). The monoisotopic (exact) mass is 235 g/mol. The second kappa shape index (κ2) is 4.96. The van der Waals surface area contributed by atoms with Crippen LogP contribution in [0.3, 0.4) is 0 Å². The maximum atomic E-state index is 11.7. The Hall–Kier alpha value is 0.110. The Morgan fingerprint density at radius 1 is 1.33 bits per heavy atom. The van der Waals surface area contributed by atoms with E-state index in [0.717, 1.165) is 25.8 Å². The summed E-state index contributed by atoms with van der Waals surface area (Å²) >= 11 is 0. The van der Waals surface area contributed by atoms with Crippen molar-refractivity contribution < 1.29 is 14.4 Å². The molecule has 0 aliphatic carbocycles. The first-order valence-electron chi connectivity index (χ1n) is 5.77. The fourth-order valence-electron chi connectivity index (χ4n) is 2.67. The topological polar surface area (TPSA) is 69.6 Å². The van der Waals surface area contributed by atoms with Gasteiger partial charge in [0.2, 0.25) is 0 Å². The molecule has 0 radical (unpaired) electrons. The largest absolute Gasteiger partial charge is 0.333 e. The smallest absolute Gasteiger partial charge is 0.324 e. The second-order valence-electron chi connectivity index (χ2n) is 4.36.